The molecule has 1 atom stereocenters. The van der Waals surface area contributed by atoms with Gasteiger partial charge in [0.2, 0.25) is 0 Å². The zero-order chi connectivity index (χ0) is 23.5. The van der Waals surface area contributed by atoms with Crippen LogP contribution >= 0.6 is 0 Å². The Morgan fingerprint density at radius 2 is 1.56 bits per heavy atom. The second-order valence-electron chi connectivity index (χ2n) is 9.55. The normalized spacial score (nSPS) is 18.9. The fourth-order valence-corrected chi connectivity index (χ4v) is 5.07. The van der Waals surface area contributed by atoms with Crippen molar-refractivity contribution in [2.45, 2.75) is 50.9 Å². The number of piperidine rings is 1. The standard InChI is InChI=1S/C29H30F2N2O/c30-26-10-7-22(8-11-26)21-3-5-23(6-4-21)29(34)32-28-12-9-24-17-20(1-2-25(24)18-28)19-33-15-13-27(31)14-16-33/h1-8,10-11,17,27-28H,9,12-16,18-19H2,(H,32,34). The Labute approximate surface area is 199 Å². The topological polar surface area (TPSA) is 32.3 Å². The van der Waals surface area contributed by atoms with E-state index in [0.717, 1.165) is 50.0 Å². The van der Waals surface area contributed by atoms with E-state index in [1.54, 1.807) is 12.1 Å². The van der Waals surface area contributed by atoms with Gasteiger partial charge in [0.05, 0.1) is 0 Å². The molecule has 5 heteroatoms. The molecular formula is C29H30F2N2O. The molecule has 1 N–H and O–H groups in total. The van der Waals surface area contributed by atoms with Gasteiger partial charge in [-0.1, -0.05) is 42.5 Å². The van der Waals surface area contributed by atoms with E-state index in [9.17, 15) is 13.6 Å². The number of nitrogens with zero attached hydrogens (tertiary/aromatic N) is 1. The molecule has 176 valence electrons. The first kappa shape index (κ1) is 22.7. The molecule has 0 saturated carbocycles. The first-order chi connectivity index (χ1) is 16.5. The van der Waals surface area contributed by atoms with Crippen LogP contribution in [0.25, 0.3) is 11.1 Å². The van der Waals surface area contributed by atoms with Gasteiger partial charge < -0.3 is 5.32 Å². The number of benzene rings is 3. The number of carbonyl (C=O) groups is 1. The number of halogens is 2. The Morgan fingerprint density at radius 3 is 2.26 bits per heavy atom. The highest BCUT2D eigenvalue weighted by atomic mass is 19.1. The number of alkyl halides is 1. The molecule has 1 saturated heterocycles. The van der Waals surface area contributed by atoms with Crippen LogP contribution in [0.15, 0.2) is 66.7 Å². The van der Waals surface area contributed by atoms with Crippen LogP contribution in [0, 0.1) is 5.82 Å². The highest BCUT2D eigenvalue weighted by Gasteiger charge is 2.22. The maximum absolute atomic E-state index is 13.4. The summed E-state index contributed by atoms with van der Waals surface area (Å²) in [5.41, 5.74) is 6.46. The summed E-state index contributed by atoms with van der Waals surface area (Å²) < 4.78 is 26.5. The summed E-state index contributed by atoms with van der Waals surface area (Å²) in [6.45, 7) is 2.54. The quantitative estimate of drug-likeness (QED) is 0.529. The van der Waals surface area contributed by atoms with E-state index in [-0.39, 0.29) is 17.8 Å². The number of amides is 1. The number of rotatable bonds is 5. The van der Waals surface area contributed by atoms with Crippen molar-refractivity contribution in [2.75, 3.05) is 13.1 Å². The molecule has 0 aromatic heterocycles. The van der Waals surface area contributed by atoms with E-state index in [0.29, 0.717) is 18.4 Å². The van der Waals surface area contributed by atoms with Gasteiger partial charge in [0.15, 0.2) is 0 Å². The SMILES string of the molecule is O=C(NC1CCc2cc(CN3CCC(F)CC3)ccc2C1)c1ccc(-c2ccc(F)cc2)cc1. The van der Waals surface area contributed by atoms with Crippen LogP contribution in [0.1, 0.15) is 46.3 Å². The van der Waals surface area contributed by atoms with E-state index >= 15 is 0 Å². The van der Waals surface area contributed by atoms with Gasteiger partial charge in [0.1, 0.15) is 12.0 Å². The summed E-state index contributed by atoms with van der Waals surface area (Å²) in [5.74, 6) is -0.324. The Hall–Kier alpha value is -3.05. The molecule has 1 heterocycles. The third-order valence-corrected chi connectivity index (χ3v) is 7.08. The van der Waals surface area contributed by atoms with Crippen molar-refractivity contribution in [1.29, 1.82) is 0 Å². The van der Waals surface area contributed by atoms with E-state index < -0.39 is 6.17 Å². The molecule has 3 nitrogen and oxygen atoms in total. The van der Waals surface area contributed by atoms with Crippen molar-refractivity contribution in [3.8, 4) is 11.1 Å². The Balaban J connectivity index is 1.17. The van der Waals surface area contributed by atoms with Crippen molar-refractivity contribution >= 4 is 5.91 Å². The van der Waals surface area contributed by atoms with E-state index in [2.05, 4.69) is 28.4 Å². The molecule has 1 aliphatic carbocycles. The first-order valence-electron chi connectivity index (χ1n) is 12.2. The molecule has 0 bridgehead atoms. The molecule has 1 amide bonds. The van der Waals surface area contributed by atoms with Gasteiger partial charge in [-0.2, -0.15) is 0 Å². The first-order valence-corrected chi connectivity index (χ1v) is 12.2. The Kier molecular flexibility index (Phi) is 6.73. The molecule has 1 fully saturated rings. The summed E-state index contributed by atoms with van der Waals surface area (Å²) in [6.07, 6.45) is 3.35. The third-order valence-electron chi connectivity index (χ3n) is 7.08. The van der Waals surface area contributed by atoms with Gasteiger partial charge >= 0.3 is 0 Å². The van der Waals surface area contributed by atoms with Gasteiger partial charge in [-0.05, 0) is 84.2 Å². The number of fused-ring (bicyclic) bond motifs is 1. The third kappa shape index (κ3) is 5.36. The molecular weight excluding hydrogens is 430 g/mol. The lowest BCUT2D eigenvalue weighted by molar-refractivity contribution is 0.0933. The average molecular weight is 461 g/mol. The number of hydrogen-bond donors (Lipinski definition) is 1. The molecule has 1 unspecified atom stereocenters. The number of nitrogens with one attached hydrogen (secondary N) is 1. The highest BCUT2D eigenvalue weighted by Crippen LogP contribution is 2.25. The molecule has 0 spiro atoms. The van der Waals surface area contributed by atoms with Crippen molar-refractivity contribution in [1.82, 2.24) is 10.2 Å². The zero-order valence-electron chi connectivity index (χ0n) is 19.3. The van der Waals surface area contributed by atoms with Crippen LogP contribution in [0.4, 0.5) is 8.78 Å². The smallest absolute Gasteiger partial charge is 0.251 e. The van der Waals surface area contributed by atoms with Gasteiger partial charge in [0.25, 0.3) is 5.91 Å². The van der Waals surface area contributed by atoms with E-state index in [1.165, 1.54) is 28.8 Å². The fourth-order valence-electron chi connectivity index (χ4n) is 5.07. The number of hydrogen-bond acceptors (Lipinski definition) is 2. The number of aryl methyl sites for hydroxylation is 1. The number of carbonyl (C=O) groups excluding carboxylic acids is 1. The summed E-state index contributed by atoms with van der Waals surface area (Å²) in [5, 5.41) is 3.19. The second-order valence-corrected chi connectivity index (χ2v) is 9.55. The van der Waals surface area contributed by atoms with Crippen molar-refractivity contribution < 1.29 is 13.6 Å². The maximum atomic E-state index is 13.4. The van der Waals surface area contributed by atoms with Crippen LogP contribution in [-0.4, -0.2) is 36.1 Å². The van der Waals surface area contributed by atoms with Gasteiger partial charge in [0, 0.05) is 31.2 Å². The molecule has 1 aliphatic heterocycles. The predicted octanol–water partition coefficient (Wildman–Crippen LogP) is 5.71. The maximum Gasteiger partial charge on any atom is 0.251 e. The van der Waals surface area contributed by atoms with Crippen LogP contribution in [0.3, 0.4) is 0 Å². The number of likely N-dealkylation sites (tertiary alicyclic amines) is 1. The lowest BCUT2D eigenvalue weighted by Gasteiger charge is -2.29. The Bertz CT molecular complexity index is 1140. The zero-order valence-corrected chi connectivity index (χ0v) is 19.3. The summed E-state index contributed by atoms with van der Waals surface area (Å²) in [7, 11) is 0. The lowest BCUT2D eigenvalue weighted by Crippen LogP contribution is -2.39. The largest absolute Gasteiger partial charge is 0.349 e. The minimum atomic E-state index is -0.639. The van der Waals surface area contributed by atoms with Crippen LogP contribution in [0.2, 0.25) is 0 Å². The highest BCUT2D eigenvalue weighted by molar-refractivity contribution is 5.94. The summed E-state index contributed by atoms with van der Waals surface area (Å²) >= 11 is 0. The predicted molar refractivity (Wildman–Crippen MR) is 131 cm³/mol. The van der Waals surface area contributed by atoms with Crippen molar-refractivity contribution in [2.24, 2.45) is 0 Å². The molecule has 5 rings (SSSR count). The molecule has 34 heavy (non-hydrogen) atoms. The van der Waals surface area contributed by atoms with Crippen molar-refractivity contribution in [3.63, 3.8) is 0 Å². The fraction of sp³-hybridized carbons (Fsp3) is 0.345. The minimum absolute atomic E-state index is 0.0630. The minimum Gasteiger partial charge on any atom is -0.349 e. The lowest BCUT2D eigenvalue weighted by atomic mass is 9.87. The van der Waals surface area contributed by atoms with Gasteiger partial charge in [-0.3, -0.25) is 9.69 Å². The monoisotopic (exact) mass is 460 g/mol. The average Bonchev–Trinajstić information content (AvgIpc) is 2.86. The molecule has 0 radical (unpaired) electrons. The molecule has 3 aromatic carbocycles. The van der Waals surface area contributed by atoms with Crippen LogP contribution in [0.5, 0.6) is 0 Å². The van der Waals surface area contributed by atoms with Crippen molar-refractivity contribution in [3.05, 3.63) is 94.8 Å². The van der Waals surface area contributed by atoms with E-state index in [1.807, 2.05) is 24.3 Å². The summed E-state index contributed by atoms with van der Waals surface area (Å²) in [6, 6.07) is 20.6. The summed E-state index contributed by atoms with van der Waals surface area (Å²) in [4.78, 5) is 15.2. The molecule has 3 aromatic rings. The van der Waals surface area contributed by atoms with Gasteiger partial charge in [-0.15, -0.1) is 0 Å². The Morgan fingerprint density at radius 1 is 0.882 bits per heavy atom. The van der Waals surface area contributed by atoms with Gasteiger partial charge in [-0.25, -0.2) is 8.78 Å². The van der Waals surface area contributed by atoms with E-state index in [4.69, 9.17) is 0 Å². The van der Waals surface area contributed by atoms with Crippen LogP contribution < -0.4 is 5.32 Å². The second kappa shape index (κ2) is 10.1. The van der Waals surface area contributed by atoms with Crippen LogP contribution in [-0.2, 0) is 19.4 Å². The molecule has 2 aliphatic rings.